The van der Waals surface area contributed by atoms with E-state index in [0.717, 1.165) is 16.7 Å². The van der Waals surface area contributed by atoms with Crippen molar-refractivity contribution in [1.29, 1.82) is 0 Å². The van der Waals surface area contributed by atoms with Gasteiger partial charge in [-0.3, -0.25) is 13.9 Å². The third kappa shape index (κ3) is 2.18. The molecule has 0 spiro atoms. The van der Waals surface area contributed by atoms with E-state index in [-0.39, 0.29) is 11.2 Å². The van der Waals surface area contributed by atoms with Gasteiger partial charge in [0.2, 0.25) is 0 Å². The summed E-state index contributed by atoms with van der Waals surface area (Å²) in [5.74, 6) is 0. The fraction of sp³-hybridized carbons (Fsp3) is 0.375. The number of nitrogens with zero attached hydrogens (tertiary/aromatic N) is 3. The van der Waals surface area contributed by atoms with E-state index in [1.807, 2.05) is 12.1 Å². The Morgan fingerprint density at radius 2 is 1.86 bits per heavy atom. The molecule has 1 aliphatic rings. The van der Waals surface area contributed by atoms with Gasteiger partial charge < -0.3 is 4.90 Å². The Morgan fingerprint density at radius 1 is 1.14 bits per heavy atom. The molecule has 2 aromatic rings. The third-order valence-corrected chi connectivity index (χ3v) is 4.31. The van der Waals surface area contributed by atoms with Crippen molar-refractivity contribution < 1.29 is 0 Å². The number of aromatic nitrogens is 2. The zero-order valence-corrected chi connectivity index (χ0v) is 12.5. The van der Waals surface area contributed by atoms with Gasteiger partial charge in [-0.25, -0.2) is 4.79 Å². The second-order valence-electron chi connectivity index (χ2n) is 5.68. The molecule has 110 valence electrons. The SMILES string of the molecule is CC1Cc2ccccc2N1Cc1cc(=O)n(C)c(=O)n1C. The van der Waals surface area contributed by atoms with Crippen LogP contribution in [0, 0.1) is 0 Å². The lowest BCUT2D eigenvalue weighted by molar-refractivity contribution is 0.608. The molecule has 1 aromatic heterocycles. The Balaban J connectivity index is 2.02. The van der Waals surface area contributed by atoms with Crippen molar-refractivity contribution in [2.45, 2.75) is 25.9 Å². The van der Waals surface area contributed by atoms with Gasteiger partial charge in [-0.15, -0.1) is 0 Å². The first-order valence-corrected chi connectivity index (χ1v) is 7.09. The van der Waals surface area contributed by atoms with Gasteiger partial charge in [0.25, 0.3) is 5.56 Å². The molecule has 1 unspecified atom stereocenters. The summed E-state index contributed by atoms with van der Waals surface area (Å²) in [5, 5.41) is 0. The lowest BCUT2D eigenvalue weighted by Gasteiger charge is -2.25. The standard InChI is InChI=1S/C16H19N3O2/c1-11-8-12-6-4-5-7-14(12)19(11)10-13-9-15(20)18(3)16(21)17(13)2/h4-7,9,11H,8,10H2,1-3H3. The van der Waals surface area contributed by atoms with Crippen LogP contribution in [0.25, 0.3) is 0 Å². The van der Waals surface area contributed by atoms with Gasteiger partial charge in [-0.2, -0.15) is 0 Å². The molecular formula is C16H19N3O2. The number of hydrogen-bond donors (Lipinski definition) is 0. The highest BCUT2D eigenvalue weighted by Gasteiger charge is 2.26. The first-order chi connectivity index (χ1) is 9.99. The normalized spacial score (nSPS) is 17.1. The molecule has 5 nitrogen and oxygen atoms in total. The molecular weight excluding hydrogens is 266 g/mol. The Kier molecular flexibility index (Phi) is 3.20. The zero-order valence-electron chi connectivity index (χ0n) is 12.5. The Morgan fingerprint density at radius 3 is 2.62 bits per heavy atom. The molecule has 1 aliphatic heterocycles. The predicted molar refractivity (Wildman–Crippen MR) is 82.7 cm³/mol. The summed E-state index contributed by atoms with van der Waals surface area (Å²) < 4.78 is 2.68. The van der Waals surface area contributed by atoms with Crippen LogP contribution in [0.2, 0.25) is 0 Å². The van der Waals surface area contributed by atoms with Gasteiger partial charge in [0, 0.05) is 37.6 Å². The maximum absolute atomic E-state index is 12.0. The Hall–Kier alpha value is -2.30. The van der Waals surface area contributed by atoms with Crippen LogP contribution < -0.4 is 16.1 Å². The van der Waals surface area contributed by atoms with Crippen molar-refractivity contribution in [2.24, 2.45) is 14.1 Å². The molecule has 0 fully saturated rings. The molecule has 0 aliphatic carbocycles. The number of rotatable bonds is 2. The van der Waals surface area contributed by atoms with Crippen LogP contribution >= 0.6 is 0 Å². The van der Waals surface area contributed by atoms with Crippen molar-refractivity contribution in [3.8, 4) is 0 Å². The van der Waals surface area contributed by atoms with Crippen LogP contribution in [0.5, 0.6) is 0 Å². The highest BCUT2D eigenvalue weighted by Crippen LogP contribution is 2.32. The quantitative estimate of drug-likeness (QED) is 0.828. The minimum atomic E-state index is -0.280. The highest BCUT2D eigenvalue weighted by atomic mass is 16.2. The van der Waals surface area contributed by atoms with Crippen LogP contribution in [-0.2, 0) is 27.1 Å². The first-order valence-electron chi connectivity index (χ1n) is 7.09. The van der Waals surface area contributed by atoms with Crippen molar-refractivity contribution in [1.82, 2.24) is 9.13 Å². The third-order valence-electron chi connectivity index (χ3n) is 4.31. The summed E-state index contributed by atoms with van der Waals surface area (Å²) in [6, 6.07) is 10.2. The Labute approximate surface area is 123 Å². The van der Waals surface area contributed by atoms with Gasteiger partial charge in [0.1, 0.15) is 0 Å². The highest BCUT2D eigenvalue weighted by molar-refractivity contribution is 5.59. The molecule has 5 heteroatoms. The molecule has 1 atom stereocenters. The van der Waals surface area contributed by atoms with Crippen LogP contribution in [-0.4, -0.2) is 15.2 Å². The summed E-state index contributed by atoms with van der Waals surface area (Å²) in [6.07, 6.45) is 0.995. The number of para-hydroxylation sites is 1. The molecule has 1 aromatic carbocycles. The van der Waals surface area contributed by atoms with E-state index >= 15 is 0 Å². The van der Waals surface area contributed by atoms with Crippen molar-refractivity contribution >= 4 is 5.69 Å². The second kappa shape index (κ2) is 4.91. The summed E-state index contributed by atoms with van der Waals surface area (Å²) in [4.78, 5) is 26.1. The molecule has 0 amide bonds. The monoisotopic (exact) mass is 285 g/mol. The average Bonchev–Trinajstić information content (AvgIpc) is 2.78. The maximum Gasteiger partial charge on any atom is 0.330 e. The van der Waals surface area contributed by atoms with Crippen molar-refractivity contribution in [2.75, 3.05) is 4.90 Å². The largest absolute Gasteiger partial charge is 0.362 e. The number of anilines is 1. The molecule has 0 N–H and O–H groups in total. The summed E-state index contributed by atoms with van der Waals surface area (Å²) >= 11 is 0. The molecule has 0 bridgehead atoms. The van der Waals surface area contributed by atoms with Crippen LogP contribution in [0.3, 0.4) is 0 Å². The molecule has 2 heterocycles. The summed E-state index contributed by atoms with van der Waals surface area (Å²) in [7, 11) is 3.21. The van der Waals surface area contributed by atoms with E-state index < -0.39 is 0 Å². The summed E-state index contributed by atoms with van der Waals surface area (Å²) in [5.41, 5.74) is 2.72. The lowest BCUT2D eigenvalue weighted by Crippen LogP contribution is -2.40. The number of benzene rings is 1. The predicted octanol–water partition coefficient (Wildman–Crippen LogP) is 1.04. The smallest absolute Gasteiger partial charge is 0.330 e. The van der Waals surface area contributed by atoms with E-state index in [0.29, 0.717) is 12.6 Å². The van der Waals surface area contributed by atoms with Gasteiger partial charge in [0.15, 0.2) is 0 Å². The van der Waals surface area contributed by atoms with Crippen LogP contribution in [0.15, 0.2) is 39.9 Å². The van der Waals surface area contributed by atoms with E-state index in [1.54, 1.807) is 17.7 Å². The Bertz CT molecular complexity index is 804. The fourth-order valence-electron chi connectivity index (χ4n) is 2.98. The maximum atomic E-state index is 12.0. The summed E-state index contributed by atoms with van der Waals surface area (Å²) in [6.45, 7) is 2.74. The number of hydrogen-bond acceptors (Lipinski definition) is 3. The second-order valence-corrected chi connectivity index (χ2v) is 5.68. The van der Waals surface area contributed by atoms with Gasteiger partial charge in [-0.05, 0) is 25.0 Å². The molecule has 3 rings (SSSR count). The minimum Gasteiger partial charge on any atom is -0.362 e. The van der Waals surface area contributed by atoms with Crippen LogP contribution in [0.1, 0.15) is 18.2 Å². The fourth-order valence-corrected chi connectivity index (χ4v) is 2.98. The van der Waals surface area contributed by atoms with E-state index in [9.17, 15) is 9.59 Å². The number of fused-ring (bicyclic) bond motifs is 1. The topological polar surface area (TPSA) is 47.2 Å². The van der Waals surface area contributed by atoms with Gasteiger partial charge in [-0.1, -0.05) is 18.2 Å². The van der Waals surface area contributed by atoms with E-state index in [2.05, 4.69) is 24.0 Å². The van der Waals surface area contributed by atoms with E-state index in [1.165, 1.54) is 18.3 Å². The van der Waals surface area contributed by atoms with Gasteiger partial charge in [0.05, 0.1) is 6.54 Å². The van der Waals surface area contributed by atoms with Gasteiger partial charge >= 0.3 is 5.69 Å². The van der Waals surface area contributed by atoms with Crippen molar-refractivity contribution in [3.63, 3.8) is 0 Å². The lowest BCUT2D eigenvalue weighted by atomic mass is 10.1. The molecule has 21 heavy (non-hydrogen) atoms. The molecule has 0 saturated heterocycles. The van der Waals surface area contributed by atoms with Crippen molar-refractivity contribution in [3.05, 3.63) is 62.4 Å². The zero-order chi connectivity index (χ0) is 15.1. The molecule has 0 radical (unpaired) electrons. The van der Waals surface area contributed by atoms with Crippen LogP contribution in [0.4, 0.5) is 5.69 Å². The minimum absolute atomic E-state index is 0.256. The van der Waals surface area contributed by atoms with E-state index in [4.69, 9.17) is 0 Å². The average molecular weight is 285 g/mol. The molecule has 0 saturated carbocycles. The first kappa shape index (κ1) is 13.7.